The molecule has 0 aliphatic rings. The third-order valence-electron chi connectivity index (χ3n) is 4.80. The number of carboxylic acid groups (broad SMARTS) is 1. The van der Waals surface area contributed by atoms with Crippen molar-refractivity contribution in [3.63, 3.8) is 0 Å². The van der Waals surface area contributed by atoms with Crippen LogP contribution in [0.15, 0.2) is 59.1 Å². The van der Waals surface area contributed by atoms with Gasteiger partial charge in [-0.25, -0.2) is 4.79 Å². The van der Waals surface area contributed by atoms with Gasteiger partial charge in [0.15, 0.2) is 17.1 Å². The van der Waals surface area contributed by atoms with Crippen molar-refractivity contribution in [2.75, 3.05) is 21.3 Å². The number of benzene rings is 2. The molecule has 152 valence electrons. The Labute approximate surface area is 172 Å². The second kappa shape index (κ2) is 7.79. The number of aromatic carboxylic acids is 1. The molecule has 0 unspecified atom stereocenters. The van der Waals surface area contributed by atoms with Gasteiger partial charge in [-0.1, -0.05) is 12.1 Å². The standard InChI is InChI=1S/C23H19NO6/c1-27-19-10-15(11-20(28-2)22(19)29-3)18-12-17-21(30-18)16(8-9-24-17)13-4-6-14(7-5-13)23(25)26/h4-12H,1-3H3,(H,25,26). The number of furan rings is 1. The average molecular weight is 405 g/mol. The van der Waals surface area contributed by atoms with Crippen LogP contribution in [0.5, 0.6) is 17.2 Å². The lowest BCUT2D eigenvalue weighted by Crippen LogP contribution is -1.95. The van der Waals surface area contributed by atoms with Gasteiger partial charge in [-0.15, -0.1) is 0 Å². The fourth-order valence-electron chi connectivity index (χ4n) is 3.32. The van der Waals surface area contributed by atoms with Crippen LogP contribution in [0, 0.1) is 0 Å². The summed E-state index contributed by atoms with van der Waals surface area (Å²) >= 11 is 0. The largest absolute Gasteiger partial charge is 0.493 e. The van der Waals surface area contributed by atoms with E-state index in [9.17, 15) is 4.79 Å². The summed E-state index contributed by atoms with van der Waals surface area (Å²) in [6.07, 6.45) is 1.69. The highest BCUT2D eigenvalue weighted by Gasteiger charge is 2.18. The molecule has 0 fully saturated rings. The van der Waals surface area contributed by atoms with Gasteiger partial charge in [-0.05, 0) is 35.9 Å². The lowest BCUT2D eigenvalue weighted by atomic mass is 10.0. The molecule has 4 rings (SSSR count). The first-order valence-electron chi connectivity index (χ1n) is 9.08. The van der Waals surface area contributed by atoms with E-state index in [2.05, 4.69) is 4.98 Å². The molecule has 0 aliphatic carbocycles. The first-order chi connectivity index (χ1) is 14.5. The van der Waals surface area contributed by atoms with Crippen molar-refractivity contribution in [2.45, 2.75) is 0 Å². The Morgan fingerprint density at radius 3 is 2.13 bits per heavy atom. The van der Waals surface area contributed by atoms with E-state index in [4.69, 9.17) is 23.7 Å². The molecule has 30 heavy (non-hydrogen) atoms. The van der Waals surface area contributed by atoms with E-state index < -0.39 is 5.97 Å². The number of nitrogens with zero attached hydrogens (tertiary/aromatic N) is 1. The molecular weight excluding hydrogens is 386 g/mol. The van der Waals surface area contributed by atoms with E-state index in [1.54, 1.807) is 63.9 Å². The highest BCUT2D eigenvalue weighted by molar-refractivity contribution is 5.94. The summed E-state index contributed by atoms with van der Waals surface area (Å²) in [6, 6.07) is 13.9. The number of pyridine rings is 1. The Balaban J connectivity index is 1.84. The normalized spacial score (nSPS) is 10.8. The van der Waals surface area contributed by atoms with E-state index in [-0.39, 0.29) is 5.56 Å². The zero-order chi connectivity index (χ0) is 21.3. The summed E-state index contributed by atoms with van der Waals surface area (Å²) in [6.45, 7) is 0. The maximum Gasteiger partial charge on any atom is 0.335 e. The van der Waals surface area contributed by atoms with Gasteiger partial charge in [-0.2, -0.15) is 0 Å². The molecule has 2 heterocycles. The average Bonchev–Trinajstić information content (AvgIpc) is 3.22. The molecule has 2 aromatic carbocycles. The van der Waals surface area contributed by atoms with E-state index in [1.807, 2.05) is 12.1 Å². The first kappa shape index (κ1) is 19.3. The molecule has 0 saturated carbocycles. The molecule has 4 aromatic rings. The molecule has 0 spiro atoms. The number of hydrogen-bond donors (Lipinski definition) is 1. The van der Waals surface area contributed by atoms with Gasteiger partial charge in [0.2, 0.25) is 5.75 Å². The Kier molecular flexibility index (Phi) is 5.02. The van der Waals surface area contributed by atoms with Crippen LogP contribution < -0.4 is 14.2 Å². The summed E-state index contributed by atoms with van der Waals surface area (Å²) in [7, 11) is 4.66. The molecule has 0 radical (unpaired) electrons. The van der Waals surface area contributed by atoms with Gasteiger partial charge < -0.3 is 23.7 Å². The summed E-state index contributed by atoms with van der Waals surface area (Å²) in [4.78, 5) is 15.5. The van der Waals surface area contributed by atoms with Gasteiger partial charge in [0, 0.05) is 23.4 Å². The Morgan fingerprint density at radius 2 is 1.57 bits per heavy atom. The quantitative estimate of drug-likeness (QED) is 0.488. The second-order valence-electron chi connectivity index (χ2n) is 6.48. The van der Waals surface area contributed by atoms with Crippen LogP contribution in [0.1, 0.15) is 10.4 Å². The summed E-state index contributed by atoms with van der Waals surface area (Å²) in [5.41, 5.74) is 3.90. The lowest BCUT2D eigenvalue weighted by molar-refractivity contribution is 0.0697. The van der Waals surface area contributed by atoms with E-state index in [0.29, 0.717) is 34.1 Å². The predicted octanol–water partition coefficient (Wildman–Crippen LogP) is 4.89. The number of hydrogen-bond acceptors (Lipinski definition) is 6. The van der Waals surface area contributed by atoms with Crippen molar-refractivity contribution in [2.24, 2.45) is 0 Å². The number of fused-ring (bicyclic) bond motifs is 1. The first-order valence-corrected chi connectivity index (χ1v) is 9.08. The van der Waals surface area contributed by atoms with E-state index >= 15 is 0 Å². The van der Waals surface area contributed by atoms with Crippen molar-refractivity contribution in [1.82, 2.24) is 4.98 Å². The topological polar surface area (TPSA) is 91.0 Å². The smallest absolute Gasteiger partial charge is 0.335 e. The number of ether oxygens (including phenoxy) is 3. The van der Waals surface area contributed by atoms with Gasteiger partial charge in [0.25, 0.3) is 0 Å². The molecule has 7 heteroatoms. The molecule has 0 bridgehead atoms. The van der Waals surface area contributed by atoms with Gasteiger partial charge in [0.05, 0.1) is 26.9 Å². The molecule has 7 nitrogen and oxygen atoms in total. The van der Waals surface area contributed by atoms with Crippen LogP contribution in [0.25, 0.3) is 33.6 Å². The zero-order valence-electron chi connectivity index (χ0n) is 16.6. The summed E-state index contributed by atoms with van der Waals surface area (Å²) in [5.74, 6) is 1.15. The predicted molar refractivity (Wildman–Crippen MR) is 111 cm³/mol. The third kappa shape index (κ3) is 3.30. The summed E-state index contributed by atoms with van der Waals surface area (Å²) < 4.78 is 22.4. The van der Waals surface area contributed by atoms with Crippen LogP contribution >= 0.6 is 0 Å². The van der Waals surface area contributed by atoms with Crippen LogP contribution in [0.3, 0.4) is 0 Å². The van der Waals surface area contributed by atoms with Crippen LogP contribution in [0.4, 0.5) is 0 Å². The van der Waals surface area contributed by atoms with Gasteiger partial charge in [-0.3, -0.25) is 4.98 Å². The highest BCUT2D eigenvalue weighted by Crippen LogP contribution is 2.42. The van der Waals surface area contributed by atoms with Crippen molar-refractivity contribution in [3.8, 4) is 39.7 Å². The fraction of sp³-hybridized carbons (Fsp3) is 0.130. The molecular formula is C23H19NO6. The SMILES string of the molecule is COc1cc(-c2cc3nccc(-c4ccc(C(=O)O)cc4)c3o2)cc(OC)c1OC. The molecule has 0 saturated heterocycles. The molecule has 1 N–H and O–H groups in total. The number of carboxylic acids is 1. The number of aromatic nitrogens is 1. The minimum Gasteiger partial charge on any atom is -0.493 e. The lowest BCUT2D eigenvalue weighted by Gasteiger charge is -2.13. The van der Waals surface area contributed by atoms with Crippen molar-refractivity contribution < 1.29 is 28.5 Å². The van der Waals surface area contributed by atoms with Crippen molar-refractivity contribution in [3.05, 3.63) is 60.3 Å². The summed E-state index contributed by atoms with van der Waals surface area (Å²) in [5, 5.41) is 9.11. The molecule has 0 amide bonds. The third-order valence-corrected chi connectivity index (χ3v) is 4.80. The van der Waals surface area contributed by atoms with Crippen molar-refractivity contribution >= 4 is 17.1 Å². The minimum absolute atomic E-state index is 0.224. The maximum atomic E-state index is 11.1. The molecule has 0 atom stereocenters. The fourth-order valence-corrected chi connectivity index (χ4v) is 3.32. The minimum atomic E-state index is -0.968. The Morgan fingerprint density at radius 1 is 0.900 bits per heavy atom. The Hall–Kier alpha value is -4.00. The van der Waals surface area contributed by atoms with Gasteiger partial charge in [0.1, 0.15) is 11.3 Å². The van der Waals surface area contributed by atoms with Crippen LogP contribution in [-0.4, -0.2) is 37.4 Å². The van der Waals surface area contributed by atoms with E-state index in [0.717, 1.165) is 16.7 Å². The molecule has 0 aliphatic heterocycles. The maximum absolute atomic E-state index is 11.1. The van der Waals surface area contributed by atoms with Crippen LogP contribution in [-0.2, 0) is 0 Å². The van der Waals surface area contributed by atoms with E-state index in [1.165, 1.54) is 0 Å². The second-order valence-corrected chi connectivity index (χ2v) is 6.48. The zero-order valence-corrected chi connectivity index (χ0v) is 16.6. The monoisotopic (exact) mass is 405 g/mol. The highest BCUT2D eigenvalue weighted by atomic mass is 16.5. The van der Waals surface area contributed by atoms with Gasteiger partial charge >= 0.3 is 5.97 Å². The van der Waals surface area contributed by atoms with Crippen LogP contribution in [0.2, 0.25) is 0 Å². The number of rotatable bonds is 6. The van der Waals surface area contributed by atoms with Crippen molar-refractivity contribution in [1.29, 1.82) is 0 Å². The molecule has 2 aromatic heterocycles. The number of methoxy groups -OCH3 is 3. The number of carbonyl (C=O) groups is 1. The Bertz CT molecular complexity index is 1200.